The largest absolute Gasteiger partial charge is 0.483 e. The van der Waals surface area contributed by atoms with Crippen LogP contribution in [-0.2, 0) is 30.3 Å². The maximum atomic E-state index is 6.00. The van der Waals surface area contributed by atoms with Gasteiger partial charge in [0.15, 0.2) is 0 Å². The van der Waals surface area contributed by atoms with Crippen molar-refractivity contribution in [3.63, 3.8) is 0 Å². The Labute approximate surface area is 408 Å². The van der Waals surface area contributed by atoms with Crippen LogP contribution in [0, 0.1) is 17.7 Å². The molecule has 0 fully saturated rings. The number of benzene rings is 4. The van der Waals surface area contributed by atoms with Gasteiger partial charge in [-0.25, -0.2) is 0 Å². The second-order valence-corrected chi connectivity index (χ2v) is 16.3. The van der Waals surface area contributed by atoms with E-state index in [2.05, 4.69) is 43.6 Å². The lowest BCUT2D eigenvalue weighted by Gasteiger charge is -2.17. The van der Waals surface area contributed by atoms with Gasteiger partial charge in [0, 0.05) is 55.3 Å². The molecule has 59 heavy (non-hydrogen) atoms. The molecule has 0 aliphatic rings. The van der Waals surface area contributed by atoms with Crippen LogP contribution in [0.25, 0.3) is 45.3 Å². The molecule has 2 heterocycles. The van der Waals surface area contributed by atoms with Gasteiger partial charge >= 0.3 is 133 Å². The zero-order chi connectivity index (χ0) is 42.7. The summed E-state index contributed by atoms with van der Waals surface area (Å²) in [5, 5.41) is 37.8. The van der Waals surface area contributed by atoms with Crippen LogP contribution in [-0.4, -0.2) is 164 Å². The number of rotatable bonds is 16. The van der Waals surface area contributed by atoms with Gasteiger partial charge in [-0.1, -0.05) is 97.1 Å². The lowest BCUT2D eigenvalue weighted by atomic mass is 10.0. The lowest BCUT2D eigenvalue weighted by Crippen LogP contribution is -2.05. The Kier molecular flexibility index (Phi) is 22.6. The van der Waals surface area contributed by atoms with Crippen molar-refractivity contribution >= 4 is 133 Å². The minimum Gasteiger partial charge on any atom is -0.483 e. The molecule has 0 saturated heterocycles. The first-order valence-corrected chi connectivity index (χ1v) is 24.6. The summed E-state index contributed by atoms with van der Waals surface area (Å²) < 4.78 is 43.5. The van der Waals surface area contributed by atoms with Gasteiger partial charge in [0.2, 0.25) is 11.6 Å². The van der Waals surface area contributed by atoms with E-state index in [-0.39, 0.29) is 25.2 Å². The first-order chi connectivity index (χ1) is 28.8. The highest BCUT2D eigenvalue weighted by atomic mass is 27.1. The Bertz CT molecular complexity index is 2100. The Balaban J connectivity index is 0.000000250. The van der Waals surface area contributed by atoms with Crippen LogP contribution in [0.4, 0.5) is 0 Å². The van der Waals surface area contributed by atoms with Gasteiger partial charge in [0.05, 0.1) is 11.4 Å². The lowest BCUT2D eigenvalue weighted by molar-refractivity contribution is 0.0178. The molecule has 4 aromatic carbocycles. The predicted octanol–water partition coefficient (Wildman–Crippen LogP) is -0.738. The molecular formula is C35H40Al8N8O8. The molecule has 292 valence electrons. The minimum atomic E-state index is -0.282. The van der Waals surface area contributed by atoms with E-state index in [0.717, 1.165) is 61.5 Å². The molecule has 0 aliphatic carbocycles. The van der Waals surface area contributed by atoms with Gasteiger partial charge in [-0.15, -0.1) is 30.6 Å². The number of hydrogen-bond acceptors (Lipinski definition) is 16. The third kappa shape index (κ3) is 13.9. The Morgan fingerprint density at radius 2 is 0.644 bits per heavy atom. The van der Waals surface area contributed by atoms with Crippen LogP contribution in [0.3, 0.4) is 0 Å². The van der Waals surface area contributed by atoms with Crippen molar-refractivity contribution < 1.29 is 30.3 Å². The standard InChI is InChI=1S/C19H14N2O4.C16H10N4O4.8Al.N2.16H/c1-11-10-16(12-2-6-14(7-3-12)18(22)23)20-21-17(11)13-4-8-15(9-5-13)19(24)25;21-15(22)11-5-1-9(2-6-11)13-17-19-14(20-18-13)10-3-7-12(8-4-10)16(23)24;;;;;;;;;1-2;;;;;;;;;;;;;;;;/h2-10,18-19H,1H3;1-8,15-16H;;;;;;;;;;;;;;;;;;;;;;;;;/q2*-4;8*+1;;;;;;;;;;;;;;;;;. The van der Waals surface area contributed by atoms with Crippen LogP contribution in [0.1, 0.15) is 53.0 Å². The maximum Gasteiger partial charge on any atom is 0.413 e. The fourth-order valence-corrected chi connectivity index (χ4v) is 11.3. The van der Waals surface area contributed by atoms with E-state index in [0.29, 0.717) is 145 Å². The first-order valence-electron chi connectivity index (χ1n) is 18.1. The van der Waals surface area contributed by atoms with Crippen LogP contribution in [0.15, 0.2) is 103 Å². The molecule has 6 rings (SSSR count). The van der Waals surface area contributed by atoms with E-state index in [9.17, 15) is 0 Å². The summed E-state index contributed by atoms with van der Waals surface area (Å²) >= 11 is 5.02. The van der Waals surface area contributed by atoms with Crippen molar-refractivity contribution in [1.82, 2.24) is 30.6 Å². The molecule has 2 aromatic heterocycles. The van der Waals surface area contributed by atoms with Gasteiger partial charge < -0.3 is 30.3 Å². The molecule has 0 aliphatic heterocycles. The summed E-state index contributed by atoms with van der Waals surface area (Å²) in [4.78, 5) is 0. The van der Waals surface area contributed by atoms with E-state index in [4.69, 9.17) is 41.1 Å². The highest BCUT2D eigenvalue weighted by molar-refractivity contribution is 6.01. The fraction of sp³-hybridized carbons (Fsp3) is 0.143. The molecule has 24 heteroatoms. The Morgan fingerprint density at radius 1 is 0.373 bits per heavy atom. The predicted molar refractivity (Wildman–Crippen MR) is 238 cm³/mol. The van der Waals surface area contributed by atoms with Crippen molar-refractivity contribution in [1.29, 1.82) is 10.8 Å². The normalized spacial score (nSPS) is 10.9. The van der Waals surface area contributed by atoms with Crippen molar-refractivity contribution in [2.45, 2.75) is 32.1 Å². The Hall–Kier alpha value is -1.74. The van der Waals surface area contributed by atoms with Crippen LogP contribution >= 0.6 is 0 Å². The monoisotopic (exact) mass is 916 g/mol. The van der Waals surface area contributed by atoms with E-state index in [1.807, 2.05) is 97.1 Å². The smallest absolute Gasteiger partial charge is 0.413 e. The quantitative estimate of drug-likeness (QED) is 0.0668. The van der Waals surface area contributed by atoms with Gasteiger partial charge in [0.1, 0.15) is 25.2 Å². The molecule has 0 saturated carbocycles. The van der Waals surface area contributed by atoms with Gasteiger partial charge in [-0.3, -0.25) is 0 Å². The van der Waals surface area contributed by atoms with Crippen molar-refractivity contribution in [2.24, 2.45) is 0 Å². The molecule has 0 amide bonds. The van der Waals surface area contributed by atoms with Crippen molar-refractivity contribution in [2.75, 3.05) is 0 Å². The second kappa shape index (κ2) is 26.7. The van der Waals surface area contributed by atoms with Gasteiger partial charge in [-0.05, 0) is 18.6 Å². The van der Waals surface area contributed by atoms with Crippen LogP contribution in [0.5, 0.6) is 0 Å². The summed E-state index contributed by atoms with van der Waals surface area (Å²) in [5.41, 5.74) is 10.5. The summed E-state index contributed by atoms with van der Waals surface area (Å²) in [6.45, 7) is 2.06. The molecule has 0 radical (unpaired) electrons. The molecular weight excluding hydrogens is 876 g/mol. The van der Waals surface area contributed by atoms with Gasteiger partial charge in [0.25, 0.3) is 0 Å². The third-order valence-corrected chi connectivity index (χ3v) is 12.4. The van der Waals surface area contributed by atoms with Crippen LogP contribution < -0.4 is 0 Å². The van der Waals surface area contributed by atoms with Crippen LogP contribution in [0.2, 0.25) is 0 Å². The van der Waals surface area contributed by atoms with Crippen molar-refractivity contribution in [3.8, 4) is 45.3 Å². The highest BCUT2D eigenvalue weighted by Gasteiger charge is 2.14. The van der Waals surface area contributed by atoms with E-state index < -0.39 is 0 Å². The number of hydrogen-bond donors (Lipinski definition) is 0. The van der Waals surface area contributed by atoms with Crippen molar-refractivity contribution in [3.05, 3.63) is 131 Å². The topological polar surface area (TPSA) is 199 Å². The second-order valence-electron chi connectivity index (χ2n) is 12.5. The van der Waals surface area contributed by atoms with E-state index in [1.54, 1.807) is 0 Å². The average molecular weight is 917 g/mol. The summed E-state index contributed by atoms with van der Waals surface area (Å²) in [6.07, 6.45) is -1.06. The number of aromatic nitrogens is 6. The molecule has 0 unspecified atom stereocenters. The zero-order valence-corrected chi connectivity index (χ0v) is 50.5. The highest BCUT2D eigenvalue weighted by Crippen LogP contribution is 2.28. The SMILES string of the molecule is Cc1cc(-c2ccc(C([O][AlH2])[O][AlH2])cc2)nnc1-c1ccc(C([O][AlH2])[O][AlH2])cc1.N#N.[AlH2][O]C([O][AlH2])c1ccc(-c2nnc(-c3ccc(C([O][AlH2])[O][AlH2])cc3)nn2)cc1. The van der Waals surface area contributed by atoms with Gasteiger partial charge in [-0.2, -0.15) is 0 Å². The maximum absolute atomic E-state index is 6.00. The third-order valence-electron chi connectivity index (χ3n) is 8.99. The van der Waals surface area contributed by atoms with E-state index in [1.165, 1.54) is 0 Å². The molecule has 0 atom stereocenters. The van der Waals surface area contributed by atoms with E-state index >= 15 is 0 Å². The fourth-order valence-electron chi connectivity index (χ4n) is 6.03. The summed E-state index contributed by atoms with van der Waals surface area (Å²) in [5.74, 6) is 0.937. The molecule has 16 nitrogen and oxygen atoms in total. The summed E-state index contributed by atoms with van der Waals surface area (Å²) in [6, 6.07) is 33.7. The molecule has 6 aromatic rings. The Morgan fingerprint density at radius 3 is 0.915 bits per heavy atom. The molecule has 0 N–H and O–H groups in total. The average Bonchev–Trinajstić information content (AvgIpc) is 3.30. The zero-order valence-electron chi connectivity index (χ0n) is 34.5. The molecule has 0 spiro atoms. The number of aryl methyl sites for hydroxylation is 1. The summed E-state index contributed by atoms with van der Waals surface area (Å²) in [7, 11) is 0. The number of nitrogens with zero attached hydrogens (tertiary/aromatic N) is 8. The minimum absolute atomic E-state index is 0.249. The molecule has 0 bridgehead atoms. The first kappa shape index (κ1) is 49.9.